The zero-order valence-corrected chi connectivity index (χ0v) is 14.2. The summed E-state index contributed by atoms with van der Waals surface area (Å²) in [5.41, 5.74) is 5.27. The van der Waals surface area contributed by atoms with Crippen LogP contribution in [0.15, 0.2) is 0 Å². The number of carboxylic acids is 1. The van der Waals surface area contributed by atoms with Crippen molar-refractivity contribution in [2.45, 2.75) is 90.0 Å². The summed E-state index contributed by atoms with van der Waals surface area (Å²) in [6.07, 6.45) is 10.4. The fourth-order valence-electron chi connectivity index (χ4n) is 2.21. The van der Waals surface area contributed by atoms with E-state index in [1.807, 2.05) is 0 Å². The first kappa shape index (κ1) is 25.6. The molecule has 24 heavy (non-hydrogen) atoms. The number of ether oxygens (including phenoxy) is 1. The number of hydrogen-bond acceptors (Lipinski definition) is 5. The fourth-order valence-corrected chi connectivity index (χ4v) is 2.21. The lowest BCUT2D eigenvalue weighted by Gasteiger charge is -2.06. The van der Waals surface area contributed by atoms with E-state index in [0.29, 0.717) is 0 Å². The molecule has 0 aliphatic rings. The Morgan fingerprint density at radius 2 is 1.33 bits per heavy atom. The van der Waals surface area contributed by atoms with Crippen molar-refractivity contribution in [1.29, 1.82) is 0 Å². The van der Waals surface area contributed by atoms with Crippen LogP contribution in [0.1, 0.15) is 84.0 Å². The summed E-state index contributed by atoms with van der Waals surface area (Å²) in [5, 5.41) is 8.58. The molecule has 0 aliphatic carbocycles. The molecule has 0 bridgehead atoms. The van der Waals surface area contributed by atoms with Crippen LogP contribution in [0.5, 0.6) is 0 Å². The largest absolute Gasteiger partial charge is 0.480 e. The Labute approximate surface area is 161 Å². The van der Waals surface area contributed by atoms with Crippen molar-refractivity contribution in [1.82, 2.24) is 0 Å². The van der Waals surface area contributed by atoms with Crippen molar-refractivity contribution in [3.8, 4) is 0 Å². The maximum Gasteiger partial charge on any atom is 0.320 e. The van der Waals surface area contributed by atoms with Gasteiger partial charge in [-0.3, -0.25) is 14.4 Å². The molecule has 0 fully saturated rings. The van der Waals surface area contributed by atoms with Crippen LogP contribution in [-0.4, -0.2) is 52.1 Å². The van der Waals surface area contributed by atoms with Crippen molar-refractivity contribution in [2.75, 3.05) is 0 Å². The predicted octanol–water partition coefficient (Wildman–Crippen LogP) is 2.25. The minimum absolute atomic E-state index is 0. The van der Waals surface area contributed by atoms with Gasteiger partial charge in [-0.15, -0.1) is 0 Å². The van der Waals surface area contributed by atoms with E-state index in [1.165, 1.54) is 38.5 Å². The van der Waals surface area contributed by atoms with Crippen LogP contribution in [0.2, 0.25) is 0 Å². The summed E-state index contributed by atoms with van der Waals surface area (Å²) in [5.74, 6) is -2.41. The van der Waals surface area contributed by atoms with Gasteiger partial charge >= 0.3 is 41.0 Å². The van der Waals surface area contributed by atoms with E-state index in [4.69, 9.17) is 10.8 Å². The number of nitrogens with two attached hydrogens (primary N) is 1. The van der Waals surface area contributed by atoms with Gasteiger partial charge in [-0.2, -0.15) is 0 Å². The smallest absolute Gasteiger partial charge is 0.320 e. The molecule has 7 heteroatoms. The summed E-state index contributed by atoms with van der Waals surface area (Å²) in [4.78, 5) is 33.3. The van der Waals surface area contributed by atoms with Gasteiger partial charge in [-0.25, -0.2) is 0 Å². The average Bonchev–Trinajstić information content (AvgIpc) is 2.50. The van der Waals surface area contributed by atoms with Gasteiger partial charge in [0.15, 0.2) is 0 Å². The maximum absolute atomic E-state index is 11.4. The number of esters is 2. The molecule has 0 heterocycles. The molecule has 1 atom stereocenters. The van der Waals surface area contributed by atoms with E-state index in [0.717, 1.165) is 19.3 Å². The highest BCUT2D eigenvalue weighted by Gasteiger charge is 2.16. The van der Waals surface area contributed by atoms with Gasteiger partial charge in [-0.1, -0.05) is 58.3 Å². The highest BCUT2D eigenvalue weighted by Crippen LogP contribution is 2.11. The van der Waals surface area contributed by atoms with Gasteiger partial charge in [0, 0.05) is 12.8 Å². The summed E-state index contributed by atoms with van der Waals surface area (Å²) in [6, 6.07) is -1.10. The Bertz CT molecular complexity index is 363. The molecule has 3 N–H and O–H groups in total. The van der Waals surface area contributed by atoms with Crippen LogP contribution in [0.4, 0.5) is 0 Å². The van der Waals surface area contributed by atoms with Crippen LogP contribution in [0.3, 0.4) is 0 Å². The first-order chi connectivity index (χ1) is 11.0. The van der Waals surface area contributed by atoms with E-state index >= 15 is 0 Å². The molecule has 0 spiro atoms. The van der Waals surface area contributed by atoms with Crippen LogP contribution in [0, 0.1) is 0 Å². The highest BCUT2D eigenvalue weighted by atomic mass is 24.3. The SMILES string of the molecule is CCCCCCCCCCCC(=O)OC(=O)CC[C@H](N)C(=O)O.[MgH2]. The van der Waals surface area contributed by atoms with Crippen LogP contribution in [-0.2, 0) is 19.1 Å². The third kappa shape index (κ3) is 16.2. The lowest BCUT2D eigenvalue weighted by Crippen LogP contribution is -2.30. The predicted molar refractivity (Wildman–Crippen MR) is 96.3 cm³/mol. The number of rotatable bonds is 14. The molecule has 138 valence electrons. The number of aliphatic carboxylic acids is 1. The van der Waals surface area contributed by atoms with Gasteiger partial charge in [0.1, 0.15) is 6.04 Å². The number of unbranched alkanes of at least 4 members (excludes halogenated alkanes) is 8. The van der Waals surface area contributed by atoms with E-state index in [2.05, 4.69) is 11.7 Å². The van der Waals surface area contributed by atoms with Crippen LogP contribution in [0.25, 0.3) is 0 Å². The molecule has 0 saturated heterocycles. The maximum atomic E-state index is 11.4. The summed E-state index contributed by atoms with van der Waals surface area (Å²) in [7, 11) is 0. The second-order valence-corrected chi connectivity index (χ2v) is 5.91. The molecular formula is C17H33MgNO5. The van der Waals surface area contributed by atoms with E-state index in [-0.39, 0.29) is 42.3 Å². The van der Waals surface area contributed by atoms with Gasteiger partial charge in [0.05, 0.1) is 0 Å². The number of carbonyl (C=O) groups is 3. The Morgan fingerprint density at radius 3 is 1.83 bits per heavy atom. The summed E-state index contributed by atoms with van der Waals surface area (Å²) in [6.45, 7) is 2.20. The fraction of sp³-hybridized carbons (Fsp3) is 0.824. The van der Waals surface area contributed by atoms with E-state index in [9.17, 15) is 14.4 Å². The summed E-state index contributed by atoms with van der Waals surface area (Å²) >= 11 is 0. The molecule has 0 rings (SSSR count). The number of carboxylic acid groups (broad SMARTS) is 1. The Hall–Kier alpha value is -0.664. The van der Waals surface area contributed by atoms with Crippen molar-refractivity contribution < 1.29 is 24.2 Å². The molecule has 0 aromatic heterocycles. The first-order valence-corrected chi connectivity index (χ1v) is 8.69. The summed E-state index contributed by atoms with van der Waals surface area (Å²) < 4.78 is 4.63. The van der Waals surface area contributed by atoms with Gasteiger partial charge in [0.2, 0.25) is 0 Å². The number of hydrogen-bond donors (Lipinski definition) is 2. The van der Waals surface area contributed by atoms with Crippen molar-refractivity contribution in [3.63, 3.8) is 0 Å². The van der Waals surface area contributed by atoms with Gasteiger partial charge in [0.25, 0.3) is 0 Å². The highest BCUT2D eigenvalue weighted by molar-refractivity contribution is 5.85. The molecule has 0 radical (unpaired) electrons. The quantitative estimate of drug-likeness (QED) is 0.214. The normalized spacial score (nSPS) is 11.4. The Morgan fingerprint density at radius 1 is 0.875 bits per heavy atom. The van der Waals surface area contributed by atoms with Crippen LogP contribution < -0.4 is 5.73 Å². The molecule has 0 aliphatic heterocycles. The minimum atomic E-state index is -1.17. The van der Waals surface area contributed by atoms with Gasteiger partial charge in [-0.05, 0) is 12.8 Å². The molecule has 6 nitrogen and oxygen atoms in total. The van der Waals surface area contributed by atoms with Crippen LogP contribution >= 0.6 is 0 Å². The second-order valence-electron chi connectivity index (χ2n) is 5.91. The molecule has 0 aromatic rings. The Balaban J connectivity index is 0. The minimum Gasteiger partial charge on any atom is -0.480 e. The Kier molecular flexibility index (Phi) is 18.3. The zero-order chi connectivity index (χ0) is 17.5. The lowest BCUT2D eigenvalue weighted by molar-refractivity contribution is -0.159. The topological polar surface area (TPSA) is 107 Å². The third-order valence-corrected chi connectivity index (χ3v) is 3.69. The van der Waals surface area contributed by atoms with E-state index < -0.39 is 23.9 Å². The van der Waals surface area contributed by atoms with Crippen molar-refractivity contribution >= 4 is 41.0 Å². The zero-order valence-electron chi connectivity index (χ0n) is 14.2. The molecule has 0 amide bonds. The number of carbonyl (C=O) groups excluding carboxylic acids is 2. The molecule has 0 aromatic carbocycles. The molecular weight excluding hydrogens is 322 g/mol. The first-order valence-electron chi connectivity index (χ1n) is 8.69. The molecule has 0 saturated carbocycles. The van der Waals surface area contributed by atoms with Gasteiger partial charge < -0.3 is 15.6 Å². The van der Waals surface area contributed by atoms with Crippen molar-refractivity contribution in [3.05, 3.63) is 0 Å². The second kappa shape index (κ2) is 17.2. The third-order valence-electron chi connectivity index (χ3n) is 3.69. The average molecular weight is 356 g/mol. The van der Waals surface area contributed by atoms with E-state index in [1.54, 1.807) is 0 Å². The standard InChI is InChI=1S/C17H31NO5.Mg.2H/c1-2-3-4-5-6-7-8-9-10-11-15(19)23-16(20)13-12-14(18)17(21)22;;;/h14H,2-13,18H2,1H3,(H,21,22);;;/t14-;;;/m0.../s1. The molecule has 0 unspecified atom stereocenters. The monoisotopic (exact) mass is 355 g/mol. The lowest BCUT2D eigenvalue weighted by atomic mass is 10.1. The van der Waals surface area contributed by atoms with Crippen molar-refractivity contribution in [2.24, 2.45) is 5.73 Å².